The molecule has 1 radical (unpaired) electrons. The second-order valence-corrected chi connectivity index (χ2v) is 2.83. The first-order chi connectivity index (χ1) is 5.47. The molecular weight excluding hydrogens is 156 g/mol. The molecule has 0 N–H and O–H groups in total. The second kappa shape index (κ2) is 2.80. The van der Waals surface area contributed by atoms with Crippen LogP contribution in [0.15, 0.2) is 29.1 Å². The van der Waals surface area contributed by atoms with Gasteiger partial charge in [-0.25, -0.2) is 9.97 Å². The summed E-state index contributed by atoms with van der Waals surface area (Å²) in [5.41, 5.74) is 2.06. The lowest BCUT2D eigenvalue weighted by molar-refractivity contribution is 1.15. The van der Waals surface area contributed by atoms with Gasteiger partial charge in [0.2, 0.25) is 0 Å². The molecule has 53 valence electrons. The summed E-state index contributed by atoms with van der Waals surface area (Å²) in [5.74, 6) is 0. The van der Waals surface area contributed by atoms with Gasteiger partial charge in [-0.3, -0.25) is 0 Å². The van der Waals surface area contributed by atoms with Crippen molar-refractivity contribution in [3.63, 3.8) is 0 Å². The molecule has 0 unspecified atom stereocenters. The minimum absolute atomic E-state index is 0.932. The Labute approximate surface area is 68.6 Å². The molecule has 11 heavy (non-hydrogen) atoms. The number of rotatable bonds is 1. The van der Waals surface area contributed by atoms with Gasteiger partial charge < -0.3 is 0 Å². The molecule has 2 aromatic heterocycles. The van der Waals surface area contributed by atoms with Crippen molar-refractivity contribution in [3.8, 4) is 11.3 Å². The molecule has 0 fully saturated rings. The maximum Gasteiger partial charge on any atom is 0.198 e. The first-order valence-corrected chi connectivity index (χ1v) is 4.13. The number of thiophene rings is 1. The van der Waals surface area contributed by atoms with Crippen molar-refractivity contribution in [1.29, 1.82) is 0 Å². The van der Waals surface area contributed by atoms with E-state index in [-0.39, 0.29) is 0 Å². The molecule has 0 amide bonds. The Kier molecular flexibility index (Phi) is 1.65. The topological polar surface area (TPSA) is 25.8 Å². The third-order valence-electron chi connectivity index (χ3n) is 1.35. The monoisotopic (exact) mass is 161 g/mol. The van der Waals surface area contributed by atoms with E-state index >= 15 is 0 Å². The van der Waals surface area contributed by atoms with Crippen molar-refractivity contribution in [2.24, 2.45) is 0 Å². The van der Waals surface area contributed by atoms with Gasteiger partial charge in [-0.2, -0.15) is 11.3 Å². The maximum atomic E-state index is 3.99. The van der Waals surface area contributed by atoms with Crippen LogP contribution in [0.25, 0.3) is 11.3 Å². The minimum Gasteiger partial charge on any atom is -0.234 e. The lowest BCUT2D eigenvalue weighted by Gasteiger charge is -1.91. The molecule has 0 saturated carbocycles. The quantitative estimate of drug-likeness (QED) is 0.639. The third kappa shape index (κ3) is 1.28. The molecule has 2 nitrogen and oxygen atoms in total. The molecule has 2 rings (SSSR count). The van der Waals surface area contributed by atoms with E-state index in [2.05, 4.69) is 21.7 Å². The number of hydrogen-bond acceptors (Lipinski definition) is 3. The van der Waals surface area contributed by atoms with Gasteiger partial charge in [-0.15, -0.1) is 0 Å². The highest BCUT2D eigenvalue weighted by Gasteiger charge is 1.96. The fourth-order valence-corrected chi connectivity index (χ4v) is 1.48. The Bertz CT molecular complexity index is 315. The minimum atomic E-state index is 0.932. The summed E-state index contributed by atoms with van der Waals surface area (Å²) in [5, 5.41) is 4.08. The molecule has 0 aromatic carbocycles. The lowest BCUT2D eigenvalue weighted by atomic mass is 10.2. The summed E-state index contributed by atoms with van der Waals surface area (Å²) >= 11 is 1.66. The zero-order valence-corrected chi connectivity index (χ0v) is 6.51. The van der Waals surface area contributed by atoms with Crippen molar-refractivity contribution in [1.82, 2.24) is 9.97 Å². The predicted octanol–water partition coefficient (Wildman–Crippen LogP) is 2.01. The molecule has 0 saturated heterocycles. The van der Waals surface area contributed by atoms with Gasteiger partial charge in [0, 0.05) is 17.1 Å². The van der Waals surface area contributed by atoms with E-state index in [1.807, 2.05) is 17.5 Å². The van der Waals surface area contributed by atoms with E-state index in [1.54, 1.807) is 17.5 Å². The number of nitrogens with zero attached hydrogens (tertiary/aromatic N) is 2. The number of aromatic nitrogens is 2. The van der Waals surface area contributed by atoms with E-state index < -0.39 is 0 Å². The van der Waals surface area contributed by atoms with Crippen LogP contribution in [0, 0.1) is 6.33 Å². The van der Waals surface area contributed by atoms with E-state index in [9.17, 15) is 0 Å². The maximum absolute atomic E-state index is 3.99. The van der Waals surface area contributed by atoms with Crippen LogP contribution in [0.2, 0.25) is 0 Å². The second-order valence-electron chi connectivity index (χ2n) is 2.05. The normalized spacial score (nSPS) is 9.82. The molecule has 0 spiro atoms. The molecule has 0 atom stereocenters. The molecule has 2 aromatic rings. The Morgan fingerprint density at radius 2 is 2.36 bits per heavy atom. The molecule has 0 aliphatic rings. The highest BCUT2D eigenvalue weighted by Crippen LogP contribution is 2.17. The molecular formula is C8H5N2S. The molecule has 0 aliphatic carbocycles. The fourth-order valence-electron chi connectivity index (χ4n) is 0.832. The Balaban J connectivity index is 2.46. The van der Waals surface area contributed by atoms with Crippen LogP contribution < -0.4 is 0 Å². The summed E-state index contributed by atoms with van der Waals surface area (Å²) in [6, 6.07) is 3.90. The predicted molar refractivity (Wildman–Crippen MR) is 44.2 cm³/mol. The standard InChI is InChI=1S/C8H5N2S/c1-3-9-6-10-8(1)7-2-4-11-5-7/h1-5H. The molecule has 2 heterocycles. The smallest absolute Gasteiger partial charge is 0.198 e. The van der Waals surface area contributed by atoms with Crippen LogP contribution in [0.3, 0.4) is 0 Å². The van der Waals surface area contributed by atoms with Crippen LogP contribution >= 0.6 is 11.3 Å². The van der Waals surface area contributed by atoms with Gasteiger partial charge >= 0.3 is 0 Å². The lowest BCUT2D eigenvalue weighted by Crippen LogP contribution is -1.80. The van der Waals surface area contributed by atoms with Crippen LogP contribution in [-0.2, 0) is 0 Å². The highest BCUT2D eigenvalue weighted by molar-refractivity contribution is 7.08. The van der Waals surface area contributed by atoms with Crippen molar-refractivity contribution in [3.05, 3.63) is 35.4 Å². The third-order valence-corrected chi connectivity index (χ3v) is 2.04. The summed E-state index contributed by atoms with van der Waals surface area (Å²) in [6.07, 6.45) is 4.25. The number of hydrogen-bond donors (Lipinski definition) is 0. The van der Waals surface area contributed by atoms with Crippen LogP contribution in [-0.4, -0.2) is 9.97 Å². The van der Waals surface area contributed by atoms with Gasteiger partial charge in [0.15, 0.2) is 6.33 Å². The molecule has 0 bridgehead atoms. The average Bonchev–Trinajstić information content (AvgIpc) is 2.58. The van der Waals surface area contributed by atoms with Crippen molar-refractivity contribution < 1.29 is 0 Å². The zero-order chi connectivity index (χ0) is 7.52. The Hall–Kier alpha value is -1.22. The van der Waals surface area contributed by atoms with Gasteiger partial charge in [0.25, 0.3) is 0 Å². The summed E-state index contributed by atoms with van der Waals surface area (Å²) < 4.78 is 0. The van der Waals surface area contributed by atoms with Gasteiger partial charge in [-0.05, 0) is 17.5 Å². The van der Waals surface area contributed by atoms with E-state index in [0.29, 0.717) is 0 Å². The first-order valence-electron chi connectivity index (χ1n) is 3.18. The molecule has 0 aliphatic heterocycles. The van der Waals surface area contributed by atoms with Crippen molar-refractivity contribution >= 4 is 11.3 Å². The van der Waals surface area contributed by atoms with Gasteiger partial charge in [-0.1, -0.05) is 0 Å². The Morgan fingerprint density at radius 3 is 3.00 bits per heavy atom. The Morgan fingerprint density at radius 1 is 1.36 bits per heavy atom. The summed E-state index contributed by atoms with van der Waals surface area (Å²) in [4.78, 5) is 7.71. The van der Waals surface area contributed by atoms with Crippen LogP contribution in [0.5, 0.6) is 0 Å². The SMILES string of the molecule is [c]1nccc(-c2ccsc2)n1. The fraction of sp³-hybridized carbons (Fsp3) is 0. The highest BCUT2D eigenvalue weighted by atomic mass is 32.1. The summed E-state index contributed by atoms with van der Waals surface area (Å²) in [6.45, 7) is 0. The van der Waals surface area contributed by atoms with Crippen molar-refractivity contribution in [2.45, 2.75) is 0 Å². The van der Waals surface area contributed by atoms with E-state index in [0.717, 1.165) is 11.3 Å². The van der Waals surface area contributed by atoms with Gasteiger partial charge in [0.05, 0.1) is 5.69 Å². The van der Waals surface area contributed by atoms with Crippen molar-refractivity contribution in [2.75, 3.05) is 0 Å². The average molecular weight is 161 g/mol. The summed E-state index contributed by atoms with van der Waals surface area (Å²) in [7, 11) is 0. The van der Waals surface area contributed by atoms with Crippen LogP contribution in [0.4, 0.5) is 0 Å². The van der Waals surface area contributed by atoms with Crippen LogP contribution in [0.1, 0.15) is 0 Å². The largest absolute Gasteiger partial charge is 0.234 e. The zero-order valence-electron chi connectivity index (χ0n) is 5.69. The first kappa shape index (κ1) is 6.49. The van der Waals surface area contributed by atoms with E-state index in [4.69, 9.17) is 0 Å². The molecule has 3 heteroatoms. The van der Waals surface area contributed by atoms with Gasteiger partial charge in [0.1, 0.15) is 0 Å². The van der Waals surface area contributed by atoms with E-state index in [1.165, 1.54) is 0 Å².